The fraction of sp³-hybridized carbons (Fsp3) is 0.286. The van der Waals surface area contributed by atoms with Crippen molar-refractivity contribution in [2.75, 3.05) is 13.1 Å². The quantitative estimate of drug-likeness (QED) is 0.593. The van der Waals surface area contributed by atoms with Crippen LogP contribution in [0.15, 0.2) is 59.0 Å². The second-order valence-electron chi connectivity index (χ2n) is 7.11. The highest BCUT2D eigenvalue weighted by Crippen LogP contribution is 2.30. The van der Waals surface area contributed by atoms with Crippen molar-refractivity contribution in [3.63, 3.8) is 0 Å². The van der Waals surface area contributed by atoms with Crippen LogP contribution in [0.25, 0.3) is 21.7 Å². The van der Waals surface area contributed by atoms with Crippen LogP contribution in [0.2, 0.25) is 0 Å². The number of hydrogen-bond acceptors (Lipinski definition) is 5. The van der Waals surface area contributed by atoms with Gasteiger partial charge < -0.3 is 9.32 Å². The number of nitrogens with zero attached hydrogens (tertiary/aromatic N) is 3. The number of likely N-dealkylation sites (tertiary alicyclic amines) is 1. The Morgan fingerprint density at radius 2 is 1.89 bits per heavy atom. The molecule has 2 aromatic heterocycles. The van der Waals surface area contributed by atoms with Crippen molar-refractivity contribution in [1.82, 2.24) is 15.2 Å². The first-order valence-electron chi connectivity index (χ1n) is 9.42. The molecule has 4 aromatic rings. The summed E-state index contributed by atoms with van der Waals surface area (Å²) < 4.78 is 7.19. The molecule has 1 fully saturated rings. The molecule has 2 aromatic carbocycles. The minimum atomic E-state index is 0.516. The molecular formula is C21H21N4OS+. The van der Waals surface area contributed by atoms with Crippen molar-refractivity contribution in [2.24, 2.45) is 0 Å². The molecule has 0 saturated carbocycles. The molecule has 0 aliphatic carbocycles. The van der Waals surface area contributed by atoms with Crippen LogP contribution < -0.4 is 4.90 Å². The van der Waals surface area contributed by atoms with Crippen molar-refractivity contribution in [3.05, 3.63) is 65.5 Å². The van der Waals surface area contributed by atoms with Gasteiger partial charge in [-0.2, -0.15) is 0 Å². The van der Waals surface area contributed by atoms with Gasteiger partial charge in [0.25, 0.3) is 5.89 Å². The lowest BCUT2D eigenvalue weighted by Crippen LogP contribution is -3.12. The number of fused-ring (bicyclic) bond motifs is 1. The molecule has 1 saturated heterocycles. The van der Waals surface area contributed by atoms with E-state index in [1.54, 1.807) is 0 Å². The van der Waals surface area contributed by atoms with E-state index in [0.29, 0.717) is 17.7 Å². The number of para-hydroxylation sites is 1. The second kappa shape index (κ2) is 7.21. The van der Waals surface area contributed by atoms with Crippen molar-refractivity contribution in [3.8, 4) is 11.5 Å². The predicted molar refractivity (Wildman–Crippen MR) is 106 cm³/mol. The summed E-state index contributed by atoms with van der Waals surface area (Å²) in [6.07, 6.45) is 2.41. The molecule has 0 radical (unpaired) electrons. The van der Waals surface area contributed by atoms with E-state index < -0.39 is 0 Å². The monoisotopic (exact) mass is 377 g/mol. The summed E-state index contributed by atoms with van der Waals surface area (Å²) >= 11 is 1.84. The molecule has 2 atom stereocenters. The molecule has 1 aliphatic rings. The van der Waals surface area contributed by atoms with Crippen LogP contribution >= 0.6 is 11.3 Å². The van der Waals surface area contributed by atoms with E-state index in [2.05, 4.69) is 34.5 Å². The number of nitrogens with one attached hydrogen (secondary N) is 1. The van der Waals surface area contributed by atoms with Crippen LogP contribution in [0.1, 0.15) is 29.7 Å². The lowest BCUT2D eigenvalue weighted by molar-refractivity contribution is -0.921. The van der Waals surface area contributed by atoms with Gasteiger partial charge in [0.1, 0.15) is 5.01 Å². The second-order valence-corrected chi connectivity index (χ2v) is 8.17. The number of aromatic nitrogens is 3. The van der Waals surface area contributed by atoms with Crippen molar-refractivity contribution in [2.45, 2.75) is 25.3 Å². The van der Waals surface area contributed by atoms with Crippen LogP contribution in [0.3, 0.4) is 0 Å². The molecule has 5 rings (SSSR count). The molecular weight excluding hydrogens is 356 g/mol. The van der Waals surface area contributed by atoms with Gasteiger partial charge in [-0.15, -0.1) is 21.5 Å². The molecule has 5 nitrogen and oxygen atoms in total. The van der Waals surface area contributed by atoms with E-state index in [9.17, 15) is 0 Å². The molecule has 0 spiro atoms. The molecule has 0 amide bonds. The number of rotatable bonds is 4. The van der Waals surface area contributed by atoms with Crippen LogP contribution in [0, 0.1) is 0 Å². The number of quaternary nitrogens is 1. The first-order valence-corrected chi connectivity index (χ1v) is 10.2. The van der Waals surface area contributed by atoms with Gasteiger partial charge in [-0.1, -0.05) is 30.3 Å². The van der Waals surface area contributed by atoms with Crippen LogP contribution in [0.4, 0.5) is 0 Å². The van der Waals surface area contributed by atoms with Crippen LogP contribution in [0.5, 0.6) is 0 Å². The van der Waals surface area contributed by atoms with Gasteiger partial charge in [0.05, 0.1) is 29.2 Å². The summed E-state index contributed by atoms with van der Waals surface area (Å²) in [4.78, 5) is 6.37. The fourth-order valence-corrected chi connectivity index (χ4v) is 4.93. The van der Waals surface area contributed by atoms with Gasteiger partial charge in [0.15, 0.2) is 6.54 Å². The maximum absolute atomic E-state index is 5.91. The number of thiazole rings is 1. The van der Waals surface area contributed by atoms with Gasteiger partial charge in [0, 0.05) is 5.56 Å². The minimum Gasteiger partial charge on any atom is -0.415 e. The van der Waals surface area contributed by atoms with Gasteiger partial charge in [0.2, 0.25) is 5.89 Å². The largest absolute Gasteiger partial charge is 0.415 e. The Morgan fingerprint density at radius 3 is 2.78 bits per heavy atom. The highest BCUT2D eigenvalue weighted by atomic mass is 32.1. The third kappa shape index (κ3) is 3.50. The Kier molecular flexibility index (Phi) is 4.43. The van der Waals surface area contributed by atoms with Gasteiger partial charge in [-0.05, 0) is 37.1 Å². The Morgan fingerprint density at radius 1 is 1.04 bits per heavy atom. The van der Waals surface area contributed by atoms with E-state index in [-0.39, 0.29) is 0 Å². The molecule has 136 valence electrons. The van der Waals surface area contributed by atoms with Crippen molar-refractivity contribution >= 4 is 21.6 Å². The van der Waals surface area contributed by atoms with Gasteiger partial charge >= 0.3 is 0 Å². The molecule has 3 heterocycles. The lowest BCUT2D eigenvalue weighted by Gasteiger charge is -2.27. The molecule has 1 N–H and O–H groups in total. The summed E-state index contributed by atoms with van der Waals surface area (Å²) in [6.45, 7) is 2.99. The maximum atomic E-state index is 5.91. The highest BCUT2D eigenvalue weighted by molar-refractivity contribution is 7.18. The molecule has 6 heteroatoms. The SMILES string of the molecule is c1ccc(-c2nnc(C[NH+]3CCC[C@H](c4nc5ccccc5s4)C3)o2)cc1. The fourth-order valence-electron chi connectivity index (χ4n) is 3.82. The Labute approximate surface area is 161 Å². The summed E-state index contributed by atoms with van der Waals surface area (Å²) in [5, 5.41) is 9.75. The van der Waals surface area contributed by atoms with Crippen molar-refractivity contribution in [1.29, 1.82) is 0 Å². The number of piperidine rings is 1. The summed E-state index contributed by atoms with van der Waals surface area (Å²) in [6, 6.07) is 18.4. The maximum Gasteiger partial charge on any atom is 0.271 e. The molecule has 27 heavy (non-hydrogen) atoms. The average Bonchev–Trinajstić information content (AvgIpc) is 3.36. The molecule has 0 bridgehead atoms. The topological polar surface area (TPSA) is 56.2 Å². The van der Waals surface area contributed by atoms with E-state index in [1.165, 1.54) is 27.4 Å². The summed E-state index contributed by atoms with van der Waals surface area (Å²) in [5.41, 5.74) is 2.09. The van der Waals surface area contributed by atoms with E-state index in [0.717, 1.165) is 30.7 Å². The zero-order chi connectivity index (χ0) is 18.1. The van der Waals surface area contributed by atoms with Gasteiger partial charge in [-0.3, -0.25) is 0 Å². The zero-order valence-electron chi connectivity index (χ0n) is 15.0. The highest BCUT2D eigenvalue weighted by Gasteiger charge is 2.28. The van der Waals surface area contributed by atoms with E-state index in [4.69, 9.17) is 9.40 Å². The summed E-state index contributed by atoms with van der Waals surface area (Å²) in [5.74, 6) is 1.83. The Hall–Kier alpha value is -2.57. The number of benzene rings is 2. The average molecular weight is 377 g/mol. The normalized spacial score (nSPS) is 20.1. The van der Waals surface area contributed by atoms with E-state index in [1.807, 2.05) is 41.7 Å². The first kappa shape index (κ1) is 16.6. The Bertz CT molecular complexity index is 1010. The minimum absolute atomic E-state index is 0.516. The summed E-state index contributed by atoms with van der Waals surface area (Å²) in [7, 11) is 0. The first-order chi connectivity index (χ1) is 13.3. The third-order valence-corrected chi connectivity index (χ3v) is 6.37. The van der Waals surface area contributed by atoms with Crippen LogP contribution in [-0.4, -0.2) is 28.3 Å². The number of hydrogen-bond donors (Lipinski definition) is 1. The Balaban J connectivity index is 1.29. The lowest BCUT2D eigenvalue weighted by atomic mass is 9.99. The molecule has 1 unspecified atom stereocenters. The standard InChI is InChI=1S/C21H20N4OS/c1-2-7-15(8-3-1)20-24-23-19(26-20)14-25-12-6-9-16(13-25)21-22-17-10-4-5-11-18(17)27-21/h1-5,7-8,10-11,16H,6,9,12-14H2/p+1/t16-/m0/s1. The zero-order valence-corrected chi connectivity index (χ0v) is 15.8. The third-order valence-electron chi connectivity index (χ3n) is 5.17. The smallest absolute Gasteiger partial charge is 0.271 e. The van der Waals surface area contributed by atoms with Gasteiger partial charge in [-0.25, -0.2) is 4.98 Å². The van der Waals surface area contributed by atoms with Crippen molar-refractivity contribution < 1.29 is 9.32 Å². The van der Waals surface area contributed by atoms with E-state index >= 15 is 0 Å². The molecule has 1 aliphatic heterocycles. The van der Waals surface area contributed by atoms with Crippen LogP contribution in [-0.2, 0) is 6.54 Å². The predicted octanol–water partition coefficient (Wildman–Crippen LogP) is 3.31.